The number of sulfonamides is 1. The summed E-state index contributed by atoms with van der Waals surface area (Å²) in [5.74, 6) is -2.27. The third-order valence-corrected chi connectivity index (χ3v) is 10.5. The van der Waals surface area contributed by atoms with Gasteiger partial charge in [-0.2, -0.15) is 0 Å². The summed E-state index contributed by atoms with van der Waals surface area (Å²) in [5, 5.41) is 9.98. The number of anilines is 1. The van der Waals surface area contributed by atoms with Crippen LogP contribution in [0.25, 0.3) is 0 Å². The highest BCUT2D eigenvalue weighted by Gasteiger charge is 2.66. The lowest BCUT2D eigenvalue weighted by Gasteiger charge is -2.38. The molecule has 4 atom stereocenters. The lowest BCUT2D eigenvalue weighted by Crippen LogP contribution is -2.53. The van der Waals surface area contributed by atoms with E-state index >= 15 is 4.39 Å². The van der Waals surface area contributed by atoms with Gasteiger partial charge in [-0.3, -0.25) is 9.59 Å². The monoisotopic (exact) mass is 652 g/mol. The van der Waals surface area contributed by atoms with Crippen LogP contribution in [-0.4, -0.2) is 50.2 Å². The van der Waals surface area contributed by atoms with Gasteiger partial charge < -0.3 is 16.0 Å². The fourth-order valence-corrected chi connectivity index (χ4v) is 8.85. The van der Waals surface area contributed by atoms with Gasteiger partial charge in [0.1, 0.15) is 11.2 Å². The van der Waals surface area contributed by atoms with Crippen LogP contribution >= 0.6 is 23.2 Å². The van der Waals surface area contributed by atoms with E-state index in [-0.39, 0.29) is 33.9 Å². The first-order valence-electron chi connectivity index (χ1n) is 14.5. The van der Waals surface area contributed by atoms with Gasteiger partial charge >= 0.3 is 0 Å². The molecule has 0 bridgehead atoms. The van der Waals surface area contributed by atoms with E-state index in [0.29, 0.717) is 48.4 Å². The van der Waals surface area contributed by atoms with E-state index in [1.54, 1.807) is 30.3 Å². The maximum atomic E-state index is 15.9. The van der Waals surface area contributed by atoms with Crippen molar-refractivity contribution in [2.45, 2.75) is 94.8 Å². The van der Waals surface area contributed by atoms with E-state index in [2.05, 4.69) is 41.4 Å². The average Bonchev–Trinajstić information content (AvgIpc) is 3.35. The quantitative estimate of drug-likeness (QED) is 0.340. The van der Waals surface area contributed by atoms with Crippen LogP contribution in [0.5, 0.6) is 0 Å². The van der Waals surface area contributed by atoms with Crippen LogP contribution in [0.15, 0.2) is 36.4 Å². The van der Waals surface area contributed by atoms with Crippen LogP contribution in [-0.2, 0) is 25.0 Å². The van der Waals surface area contributed by atoms with E-state index in [4.69, 9.17) is 23.2 Å². The van der Waals surface area contributed by atoms with Crippen molar-refractivity contribution in [1.29, 1.82) is 0 Å². The van der Waals surface area contributed by atoms with Crippen molar-refractivity contribution in [1.82, 2.24) is 15.4 Å². The number of hydrogen-bond donors (Lipinski definition) is 4. The number of amides is 2. The molecule has 0 aromatic heterocycles. The van der Waals surface area contributed by atoms with E-state index in [0.717, 1.165) is 6.26 Å². The van der Waals surface area contributed by atoms with Crippen molar-refractivity contribution in [2.75, 3.05) is 11.6 Å². The Morgan fingerprint density at radius 1 is 1.14 bits per heavy atom. The molecule has 2 aromatic carbocycles. The van der Waals surface area contributed by atoms with E-state index in [9.17, 15) is 18.0 Å². The molecule has 1 spiro atoms. The maximum absolute atomic E-state index is 15.9. The summed E-state index contributed by atoms with van der Waals surface area (Å²) >= 11 is 12.6. The molecule has 2 aromatic rings. The maximum Gasteiger partial charge on any atom is 0.238 e. The Kier molecular flexibility index (Phi) is 8.44. The molecule has 8 nitrogen and oxygen atoms in total. The minimum absolute atomic E-state index is 0.0919. The number of carbonyl (C=O) groups excluding carboxylic acids is 2. The zero-order chi connectivity index (χ0) is 31.5. The van der Waals surface area contributed by atoms with E-state index < -0.39 is 44.8 Å². The Balaban J connectivity index is 1.56. The molecule has 0 radical (unpaired) electrons. The summed E-state index contributed by atoms with van der Waals surface area (Å²) in [6.07, 6.45) is 3.87. The molecule has 234 valence electrons. The number of fused-ring (bicyclic) bond motifs is 2. The van der Waals surface area contributed by atoms with Gasteiger partial charge in [-0.25, -0.2) is 17.5 Å². The normalized spacial score (nSPS) is 30.7. The molecule has 3 aliphatic rings. The van der Waals surface area contributed by atoms with Gasteiger partial charge in [-0.05, 0) is 73.8 Å². The number of carbonyl (C=O) groups is 2. The molecule has 2 aliphatic heterocycles. The third kappa shape index (κ3) is 6.18. The Morgan fingerprint density at radius 2 is 1.81 bits per heavy atom. The van der Waals surface area contributed by atoms with Crippen molar-refractivity contribution >= 4 is 50.7 Å². The standard InChI is InChI=1S/C31H39Cl2FN4O4S/c1-29(2,3)16-23-31(20-10-9-17(32)15-22(20)36-28(31)40)24(19-7-6-8-21(33)25(19)34)26(37-23)27(39)35-18-11-13-30(4,14-12-18)38-43(5,41)42/h6-10,15,18,23-24,26,37-38H,11-14,16H2,1-5H3,(H,35,39)(H,36,40)/t18-,23-,24+,26-,30-,31+/m1/s1. The van der Waals surface area contributed by atoms with Gasteiger partial charge in [-0.15, -0.1) is 0 Å². The topological polar surface area (TPSA) is 116 Å². The van der Waals surface area contributed by atoms with Gasteiger partial charge in [0.15, 0.2) is 0 Å². The minimum Gasteiger partial charge on any atom is -0.352 e. The average molecular weight is 654 g/mol. The summed E-state index contributed by atoms with van der Waals surface area (Å²) in [4.78, 5) is 28.5. The molecule has 1 saturated heterocycles. The van der Waals surface area contributed by atoms with Crippen LogP contribution in [0.4, 0.5) is 10.1 Å². The van der Waals surface area contributed by atoms with Gasteiger partial charge in [0.25, 0.3) is 0 Å². The van der Waals surface area contributed by atoms with Crippen molar-refractivity contribution in [3.8, 4) is 0 Å². The highest BCUT2D eigenvalue weighted by Crippen LogP contribution is 2.57. The van der Waals surface area contributed by atoms with Crippen LogP contribution < -0.4 is 20.7 Å². The lowest BCUT2D eigenvalue weighted by molar-refractivity contribution is -0.124. The highest BCUT2D eigenvalue weighted by atomic mass is 35.5. The second-order valence-corrected chi connectivity index (χ2v) is 16.4. The molecule has 2 fully saturated rings. The molecule has 12 heteroatoms. The van der Waals surface area contributed by atoms with Crippen LogP contribution in [0, 0.1) is 11.2 Å². The Bertz CT molecular complexity index is 1560. The Hall–Kier alpha value is -2.24. The first-order chi connectivity index (χ1) is 19.9. The minimum atomic E-state index is -3.39. The molecular weight excluding hydrogens is 614 g/mol. The molecule has 2 amide bonds. The van der Waals surface area contributed by atoms with Crippen molar-refractivity contribution in [3.05, 3.63) is 63.4 Å². The molecule has 43 heavy (non-hydrogen) atoms. The summed E-state index contributed by atoms with van der Waals surface area (Å²) in [5.41, 5.74) is -0.792. The van der Waals surface area contributed by atoms with Crippen molar-refractivity contribution in [3.63, 3.8) is 0 Å². The van der Waals surface area contributed by atoms with Crippen molar-refractivity contribution < 1.29 is 22.4 Å². The number of rotatable bonds is 6. The van der Waals surface area contributed by atoms with Gasteiger partial charge in [-0.1, -0.05) is 62.2 Å². The molecule has 5 rings (SSSR count). The Labute approximate surface area is 262 Å². The number of benzene rings is 2. The first kappa shape index (κ1) is 32.2. The number of halogens is 3. The predicted molar refractivity (Wildman–Crippen MR) is 167 cm³/mol. The molecule has 4 N–H and O–H groups in total. The lowest BCUT2D eigenvalue weighted by atomic mass is 9.62. The fraction of sp³-hybridized carbons (Fsp3) is 0.548. The van der Waals surface area contributed by atoms with Gasteiger partial charge in [0, 0.05) is 34.3 Å². The third-order valence-electron chi connectivity index (χ3n) is 9.09. The SMILES string of the molecule is CC(C)(C)C[C@H]1N[C@@H](C(=O)N[C@H]2CC[C@](C)(NS(C)(=O)=O)CC2)[C@H](c2cccc(Cl)c2F)[C@@]12C(=O)Nc1cc(Cl)ccc12. The van der Waals surface area contributed by atoms with Gasteiger partial charge in [0.2, 0.25) is 21.8 Å². The summed E-state index contributed by atoms with van der Waals surface area (Å²) < 4.78 is 42.4. The predicted octanol–water partition coefficient (Wildman–Crippen LogP) is 5.25. The van der Waals surface area contributed by atoms with Gasteiger partial charge in [0.05, 0.1) is 17.3 Å². The van der Waals surface area contributed by atoms with Crippen LogP contribution in [0.1, 0.15) is 76.8 Å². The summed E-state index contributed by atoms with van der Waals surface area (Å²) in [7, 11) is -3.39. The van der Waals surface area contributed by atoms with E-state index in [1.807, 2.05) is 6.92 Å². The molecule has 1 saturated carbocycles. The number of hydrogen-bond acceptors (Lipinski definition) is 5. The second-order valence-electron chi connectivity index (χ2n) is 13.8. The van der Waals surface area contributed by atoms with Crippen LogP contribution in [0.2, 0.25) is 10.0 Å². The molecule has 0 unspecified atom stereocenters. The Morgan fingerprint density at radius 3 is 2.44 bits per heavy atom. The smallest absolute Gasteiger partial charge is 0.238 e. The van der Waals surface area contributed by atoms with Crippen LogP contribution in [0.3, 0.4) is 0 Å². The molecule has 2 heterocycles. The molecular formula is C31H39Cl2FN4O4S. The number of nitrogens with one attached hydrogen (secondary N) is 4. The second kappa shape index (κ2) is 11.3. The summed E-state index contributed by atoms with van der Waals surface area (Å²) in [6.45, 7) is 8.05. The van der Waals surface area contributed by atoms with E-state index in [1.165, 1.54) is 6.07 Å². The van der Waals surface area contributed by atoms with Crippen molar-refractivity contribution in [2.24, 2.45) is 5.41 Å². The highest BCUT2D eigenvalue weighted by molar-refractivity contribution is 7.88. The zero-order valence-electron chi connectivity index (χ0n) is 25.0. The molecule has 1 aliphatic carbocycles. The first-order valence-corrected chi connectivity index (χ1v) is 17.2. The summed E-state index contributed by atoms with van der Waals surface area (Å²) in [6, 6.07) is 8.15. The largest absolute Gasteiger partial charge is 0.352 e. The fourth-order valence-electron chi connectivity index (χ4n) is 7.39. The zero-order valence-corrected chi connectivity index (χ0v) is 27.3.